The first-order valence-electron chi connectivity index (χ1n) is 9.94. The van der Waals surface area contributed by atoms with Gasteiger partial charge >= 0.3 is 0 Å². The lowest BCUT2D eigenvalue weighted by Gasteiger charge is -2.21. The van der Waals surface area contributed by atoms with Crippen LogP contribution in [0.2, 0.25) is 0 Å². The summed E-state index contributed by atoms with van der Waals surface area (Å²) in [4.78, 5) is 7.51. The van der Waals surface area contributed by atoms with Crippen molar-refractivity contribution in [3.8, 4) is 0 Å². The number of unbranched alkanes of at least 4 members (excludes halogenated alkanes) is 1. The molecule has 0 spiro atoms. The Balaban J connectivity index is 1.51. The van der Waals surface area contributed by atoms with E-state index in [1.54, 1.807) is 0 Å². The van der Waals surface area contributed by atoms with Crippen LogP contribution < -0.4 is 0 Å². The van der Waals surface area contributed by atoms with Crippen molar-refractivity contribution in [2.75, 3.05) is 26.2 Å². The summed E-state index contributed by atoms with van der Waals surface area (Å²) in [7, 11) is 0. The average Bonchev–Trinajstić information content (AvgIpc) is 3.14. The number of aryl methyl sites for hydroxylation is 3. The monoisotopic (exact) mass is 338 g/mol. The molecule has 2 aliphatic rings. The predicted octanol–water partition coefficient (Wildman–Crippen LogP) is 4.34. The van der Waals surface area contributed by atoms with Crippen molar-refractivity contribution in [1.29, 1.82) is 0 Å². The van der Waals surface area contributed by atoms with Gasteiger partial charge in [0.25, 0.3) is 0 Å². The largest absolute Gasteiger partial charge is 0.376 e. The van der Waals surface area contributed by atoms with Gasteiger partial charge in [-0.1, -0.05) is 0 Å². The van der Waals surface area contributed by atoms with Crippen molar-refractivity contribution in [1.82, 2.24) is 9.88 Å². The third-order valence-corrected chi connectivity index (χ3v) is 5.98. The number of nitrogens with zero attached hydrogens (tertiary/aromatic N) is 2. The summed E-state index contributed by atoms with van der Waals surface area (Å²) in [6.07, 6.45) is 7.57. The lowest BCUT2D eigenvalue weighted by molar-refractivity contribution is 0.110. The SMILES string of the molecule is Cc1cc2c3c(c(C)nc2cc1CCCCN1CCCC1)COCC3. The van der Waals surface area contributed by atoms with Gasteiger partial charge in [0, 0.05) is 16.6 Å². The average molecular weight is 338 g/mol. The van der Waals surface area contributed by atoms with Gasteiger partial charge in [-0.3, -0.25) is 4.98 Å². The van der Waals surface area contributed by atoms with Crippen LogP contribution in [0.3, 0.4) is 0 Å². The molecule has 0 atom stereocenters. The molecule has 0 unspecified atom stereocenters. The highest BCUT2D eigenvalue weighted by molar-refractivity contribution is 5.85. The summed E-state index contributed by atoms with van der Waals surface area (Å²) in [5.74, 6) is 0. The van der Waals surface area contributed by atoms with Gasteiger partial charge in [0.15, 0.2) is 0 Å². The fraction of sp³-hybridized carbons (Fsp3) is 0.591. The zero-order valence-corrected chi connectivity index (χ0v) is 15.7. The Morgan fingerprint density at radius 2 is 1.92 bits per heavy atom. The molecule has 0 amide bonds. The van der Waals surface area contributed by atoms with Gasteiger partial charge in [0.1, 0.15) is 0 Å². The van der Waals surface area contributed by atoms with E-state index in [0.29, 0.717) is 0 Å². The summed E-state index contributed by atoms with van der Waals surface area (Å²) in [6, 6.07) is 4.73. The topological polar surface area (TPSA) is 25.4 Å². The number of ether oxygens (including phenoxy) is 1. The third-order valence-electron chi connectivity index (χ3n) is 5.98. The third kappa shape index (κ3) is 3.58. The van der Waals surface area contributed by atoms with E-state index in [1.165, 1.54) is 84.9 Å². The van der Waals surface area contributed by atoms with Gasteiger partial charge in [-0.15, -0.1) is 0 Å². The van der Waals surface area contributed by atoms with Crippen molar-refractivity contribution in [3.05, 3.63) is 40.1 Å². The van der Waals surface area contributed by atoms with Crippen molar-refractivity contribution >= 4 is 10.9 Å². The molecule has 1 aromatic heterocycles. The number of benzene rings is 1. The first kappa shape index (κ1) is 17.0. The van der Waals surface area contributed by atoms with E-state index >= 15 is 0 Å². The maximum atomic E-state index is 5.64. The number of rotatable bonds is 5. The maximum Gasteiger partial charge on any atom is 0.0737 e. The van der Waals surface area contributed by atoms with Crippen LogP contribution in [0.4, 0.5) is 0 Å². The number of fused-ring (bicyclic) bond motifs is 3. The smallest absolute Gasteiger partial charge is 0.0737 e. The minimum absolute atomic E-state index is 0.724. The van der Waals surface area contributed by atoms with Crippen molar-refractivity contribution in [3.63, 3.8) is 0 Å². The number of hydrogen-bond donors (Lipinski definition) is 0. The highest BCUT2D eigenvalue weighted by atomic mass is 16.5. The molecule has 4 rings (SSSR count). The number of hydrogen-bond acceptors (Lipinski definition) is 3. The molecule has 1 aromatic carbocycles. The van der Waals surface area contributed by atoms with Crippen LogP contribution in [0, 0.1) is 13.8 Å². The molecule has 0 bridgehead atoms. The maximum absolute atomic E-state index is 5.64. The second-order valence-corrected chi connectivity index (χ2v) is 7.76. The Kier molecular flexibility index (Phi) is 5.05. The van der Waals surface area contributed by atoms with Crippen LogP contribution in [-0.2, 0) is 24.2 Å². The Morgan fingerprint density at radius 1 is 1.08 bits per heavy atom. The van der Waals surface area contributed by atoms with Gasteiger partial charge in [-0.25, -0.2) is 0 Å². The molecule has 134 valence electrons. The zero-order chi connectivity index (χ0) is 17.2. The quantitative estimate of drug-likeness (QED) is 0.758. The van der Waals surface area contributed by atoms with Gasteiger partial charge in [-0.05, 0) is 101 Å². The fourth-order valence-electron chi connectivity index (χ4n) is 4.46. The van der Waals surface area contributed by atoms with Gasteiger partial charge in [0.05, 0.1) is 18.7 Å². The summed E-state index contributed by atoms with van der Waals surface area (Å²) in [5, 5.41) is 1.35. The highest BCUT2D eigenvalue weighted by Gasteiger charge is 2.17. The first-order chi connectivity index (χ1) is 12.2. The van der Waals surface area contributed by atoms with Crippen LogP contribution in [0.1, 0.15) is 53.6 Å². The molecule has 25 heavy (non-hydrogen) atoms. The lowest BCUT2D eigenvalue weighted by atomic mass is 9.93. The van der Waals surface area contributed by atoms with Crippen molar-refractivity contribution in [2.24, 2.45) is 0 Å². The van der Waals surface area contributed by atoms with Crippen LogP contribution >= 0.6 is 0 Å². The predicted molar refractivity (Wildman–Crippen MR) is 103 cm³/mol. The molecule has 3 heterocycles. The Labute approximate surface area is 151 Å². The van der Waals surface area contributed by atoms with Crippen molar-refractivity contribution < 1.29 is 4.74 Å². The van der Waals surface area contributed by atoms with Crippen LogP contribution in [-0.4, -0.2) is 36.1 Å². The summed E-state index contributed by atoms with van der Waals surface area (Å²) in [6.45, 7) is 9.85. The molecule has 0 N–H and O–H groups in total. The van der Waals surface area contributed by atoms with E-state index in [0.717, 1.165) is 25.3 Å². The molecule has 0 saturated carbocycles. The first-order valence-corrected chi connectivity index (χ1v) is 9.94. The van der Waals surface area contributed by atoms with E-state index in [9.17, 15) is 0 Å². The van der Waals surface area contributed by atoms with E-state index in [2.05, 4.69) is 30.9 Å². The molecule has 1 saturated heterocycles. The van der Waals surface area contributed by atoms with E-state index in [1.807, 2.05) is 0 Å². The molecular weight excluding hydrogens is 308 g/mol. The van der Waals surface area contributed by atoms with Gasteiger partial charge in [0.2, 0.25) is 0 Å². The second-order valence-electron chi connectivity index (χ2n) is 7.76. The second kappa shape index (κ2) is 7.43. The van der Waals surface area contributed by atoms with Crippen LogP contribution in [0.5, 0.6) is 0 Å². The highest BCUT2D eigenvalue weighted by Crippen LogP contribution is 2.30. The normalized spacial score (nSPS) is 18.0. The number of pyridine rings is 1. The zero-order valence-electron chi connectivity index (χ0n) is 15.7. The van der Waals surface area contributed by atoms with Crippen molar-refractivity contribution in [2.45, 2.75) is 59.0 Å². The van der Waals surface area contributed by atoms with Gasteiger partial charge < -0.3 is 9.64 Å². The van der Waals surface area contributed by atoms with Gasteiger partial charge in [-0.2, -0.15) is 0 Å². The number of aromatic nitrogens is 1. The summed E-state index contributed by atoms with van der Waals surface area (Å²) < 4.78 is 5.64. The minimum atomic E-state index is 0.724. The minimum Gasteiger partial charge on any atom is -0.376 e. The molecular formula is C22H30N2O. The molecule has 2 aromatic rings. The molecule has 0 radical (unpaired) electrons. The molecule has 0 aliphatic carbocycles. The van der Waals surface area contributed by atoms with E-state index in [4.69, 9.17) is 9.72 Å². The molecule has 2 aliphatic heterocycles. The fourth-order valence-corrected chi connectivity index (χ4v) is 4.46. The molecule has 3 nitrogen and oxygen atoms in total. The number of likely N-dealkylation sites (tertiary alicyclic amines) is 1. The van der Waals surface area contributed by atoms with Crippen LogP contribution in [0.25, 0.3) is 10.9 Å². The summed E-state index contributed by atoms with van der Waals surface area (Å²) >= 11 is 0. The summed E-state index contributed by atoms with van der Waals surface area (Å²) in [5.41, 5.74) is 8.01. The Hall–Kier alpha value is -1.45. The van der Waals surface area contributed by atoms with E-state index < -0.39 is 0 Å². The Bertz CT molecular complexity index is 762. The molecule has 1 fully saturated rings. The standard InChI is InChI=1S/C22H30N2O/c1-16-13-20-19-8-12-25-15-21(19)17(2)23-22(20)14-18(16)7-3-4-9-24-10-5-6-11-24/h13-14H,3-12,15H2,1-2H3. The lowest BCUT2D eigenvalue weighted by Crippen LogP contribution is -2.20. The van der Waals surface area contributed by atoms with E-state index in [-0.39, 0.29) is 0 Å². The Morgan fingerprint density at radius 3 is 2.76 bits per heavy atom. The van der Waals surface area contributed by atoms with Crippen LogP contribution in [0.15, 0.2) is 12.1 Å². The molecule has 3 heteroatoms.